The van der Waals surface area contributed by atoms with Gasteiger partial charge in [0.15, 0.2) is 18.1 Å². The molecule has 6 heteroatoms. The number of benzene rings is 1. The summed E-state index contributed by atoms with van der Waals surface area (Å²) in [6.07, 6.45) is 0.0289. The minimum absolute atomic E-state index is 0.0289. The van der Waals surface area contributed by atoms with Crippen molar-refractivity contribution in [2.45, 2.75) is 32.4 Å². The molecule has 0 aromatic heterocycles. The van der Waals surface area contributed by atoms with E-state index in [1.54, 1.807) is 13.1 Å². The molecule has 0 bridgehead atoms. The third kappa shape index (κ3) is 5.11. The summed E-state index contributed by atoms with van der Waals surface area (Å²) in [6, 6.07) is 7.34. The van der Waals surface area contributed by atoms with Crippen LogP contribution in [0.15, 0.2) is 24.3 Å². The summed E-state index contributed by atoms with van der Waals surface area (Å²) in [5, 5.41) is 2.52. The Morgan fingerprint density at radius 3 is 2.52 bits per heavy atom. The molecule has 0 aliphatic carbocycles. The van der Waals surface area contributed by atoms with Gasteiger partial charge in [0.1, 0.15) is 19.4 Å². The minimum Gasteiger partial charge on any atom is -0.487 e. The molecule has 0 spiro atoms. The number of nitrogens with zero attached hydrogens (tertiary/aromatic N) is 1. The van der Waals surface area contributed by atoms with Gasteiger partial charge in [-0.05, 0) is 32.9 Å². The standard InChI is InChI=1S/C17H26N2O4/c1-17(2,3)19-9-13(23-12-19)10-21-14-7-5-6-8-15(14)22-11-16(20)18-4/h5-8,13H,9-12H2,1-4H3,(H,18,20). The maximum Gasteiger partial charge on any atom is 0.257 e. The summed E-state index contributed by atoms with van der Waals surface area (Å²) in [7, 11) is 1.58. The summed E-state index contributed by atoms with van der Waals surface area (Å²) in [5.41, 5.74) is 0.0866. The van der Waals surface area contributed by atoms with E-state index in [4.69, 9.17) is 14.2 Å². The molecule has 1 aliphatic rings. The lowest BCUT2D eigenvalue weighted by Crippen LogP contribution is -2.40. The highest BCUT2D eigenvalue weighted by Crippen LogP contribution is 2.27. The molecule has 128 valence electrons. The number of para-hydroxylation sites is 2. The lowest BCUT2D eigenvalue weighted by Gasteiger charge is -2.29. The molecule has 1 aliphatic heterocycles. The Balaban J connectivity index is 1.87. The van der Waals surface area contributed by atoms with Crippen LogP contribution in [0.4, 0.5) is 0 Å². The van der Waals surface area contributed by atoms with Crippen molar-refractivity contribution in [2.24, 2.45) is 0 Å². The van der Waals surface area contributed by atoms with Crippen molar-refractivity contribution in [1.82, 2.24) is 10.2 Å². The highest BCUT2D eigenvalue weighted by Gasteiger charge is 2.31. The van der Waals surface area contributed by atoms with E-state index < -0.39 is 0 Å². The predicted molar refractivity (Wildman–Crippen MR) is 87.7 cm³/mol. The summed E-state index contributed by atoms with van der Waals surface area (Å²) in [4.78, 5) is 13.6. The molecule has 1 N–H and O–H groups in total. The second-order valence-electron chi connectivity index (χ2n) is 6.53. The Labute approximate surface area is 137 Å². The van der Waals surface area contributed by atoms with E-state index in [1.165, 1.54) is 0 Å². The molecule has 23 heavy (non-hydrogen) atoms. The fourth-order valence-corrected chi connectivity index (χ4v) is 2.20. The quantitative estimate of drug-likeness (QED) is 0.863. The van der Waals surface area contributed by atoms with Gasteiger partial charge in [0.2, 0.25) is 0 Å². The Kier molecular flexibility index (Phi) is 5.85. The highest BCUT2D eigenvalue weighted by molar-refractivity contribution is 5.77. The van der Waals surface area contributed by atoms with E-state index in [9.17, 15) is 4.79 Å². The lowest BCUT2D eigenvalue weighted by atomic mass is 10.1. The van der Waals surface area contributed by atoms with Crippen LogP contribution in [0.2, 0.25) is 0 Å². The Bertz CT molecular complexity index is 528. The van der Waals surface area contributed by atoms with Gasteiger partial charge in [-0.1, -0.05) is 12.1 Å². The molecule has 0 saturated carbocycles. The van der Waals surface area contributed by atoms with Crippen molar-refractivity contribution < 1.29 is 19.0 Å². The zero-order chi connectivity index (χ0) is 16.9. The molecule has 1 saturated heterocycles. The Morgan fingerprint density at radius 2 is 1.96 bits per heavy atom. The van der Waals surface area contributed by atoms with Crippen LogP contribution in [0.3, 0.4) is 0 Å². The van der Waals surface area contributed by atoms with Gasteiger partial charge in [-0.2, -0.15) is 0 Å². The normalized spacial score (nSPS) is 18.7. The van der Waals surface area contributed by atoms with E-state index in [2.05, 4.69) is 31.0 Å². The van der Waals surface area contributed by atoms with Gasteiger partial charge < -0.3 is 19.5 Å². The number of amides is 1. The number of carbonyl (C=O) groups is 1. The number of likely N-dealkylation sites (N-methyl/N-ethyl adjacent to an activating group) is 1. The van der Waals surface area contributed by atoms with Gasteiger partial charge in [0, 0.05) is 19.1 Å². The van der Waals surface area contributed by atoms with Crippen LogP contribution in [-0.4, -0.2) is 56.0 Å². The van der Waals surface area contributed by atoms with E-state index in [0.717, 1.165) is 6.54 Å². The first-order valence-electron chi connectivity index (χ1n) is 7.82. The molecule has 6 nitrogen and oxygen atoms in total. The maximum atomic E-state index is 11.3. The van der Waals surface area contributed by atoms with E-state index in [0.29, 0.717) is 24.8 Å². The number of hydrogen-bond acceptors (Lipinski definition) is 5. The molecule has 1 aromatic rings. The summed E-state index contributed by atoms with van der Waals surface area (Å²) < 4.78 is 17.1. The van der Waals surface area contributed by atoms with Crippen molar-refractivity contribution >= 4 is 5.91 Å². The summed E-state index contributed by atoms with van der Waals surface area (Å²) >= 11 is 0. The van der Waals surface area contributed by atoms with E-state index in [-0.39, 0.29) is 24.2 Å². The van der Waals surface area contributed by atoms with Crippen LogP contribution in [0, 0.1) is 0 Å². The molecule has 1 heterocycles. The highest BCUT2D eigenvalue weighted by atomic mass is 16.6. The molecule has 2 rings (SSSR count). The zero-order valence-corrected chi connectivity index (χ0v) is 14.3. The van der Waals surface area contributed by atoms with E-state index >= 15 is 0 Å². The number of hydrogen-bond donors (Lipinski definition) is 1. The average molecular weight is 322 g/mol. The van der Waals surface area contributed by atoms with Crippen molar-refractivity contribution in [2.75, 3.05) is 33.5 Å². The van der Waals surface area contributed by atoms with Gasteiger partial charge in [0.05, 0.1) is 0 Å². The van der Waals surface area contributed by atoms with Gasteiger partial charge in [-0.15, -0.1) is 0 Å². The lowest BCUT2D eigenvalue weighted by molar-refractivity contribution is -0.122. The van der Waals surface area contributed by atoms with Crippen LogP contribution >= 0.6 is 0 Å². The summed E-state index contributed by atoms with van der Waals surface area (Å²) in [6.45, 7) is 8.38. The average Bonchev–Trinajstić information content (AvgIpc) is 3.00. The Morgan fingerprint density at radius 1 is 1.30 bits per heavy atom. The van der Waals surface area contributed by atoms with Gasteiger partial charge in [-0.25, -0.2) is 0 Å². The maximum absolute atomic E-state index is 11.3. The third-order valence-electron chi connectivity index (χ3n) is 3.75. The smallest absolute Gasteiger partial charge is 0.257 e. The molecule has 1 atom stereocenters. The topological polar surface area (TPSA) is 60.0 Å². The molecular weight excluding hydrogens is 296 g/mol. The second-order valence-corrected chi connectivity index (χ2v) is 6.53. The van der Waals surface area contributed by atoms with Crippen LogP contribution in [0.25, 0.3) is 0 Å². The largest absolute Gasteiger partial charge is 0.487 e. The van der Waals surface area contributed by atoms with Crippen LogP contribution in [0.1, 0.15) is 20.8 Å². The predicted octanol–water partition coefficient (Wildman–Crippen LogP) is 1.65. The zero-order valence-electron chi connectivity index (χ0n) is 14.3. The minimum atomic E-state index is -0.181. The molecule has 0 radical (unpaired) electrons. The first-order valence-corrected chi connectivity index (χ1v) is 7.82. The van der Waals surface area contributed by atoms with Crippen LogP contribution < -0.4 is 14.8 Å². The summed E-state index contributed by atoms with van der Waals surface area (Å²) in [5.74, 6) is 0.996. The van der Waals surface area contributed by atoms with Gasteiger partial charge >= 0.3 is 0 Å². The number of ether oxygens (including phenoxy) is 3. The van der Waals surface area contributed by atoms with Gasteiger partial charge in [0.25, 0.3) is 5.91 Å². The fourth-order valence-electron chi connectivity index (χ4n) is 2.20. The first-order chi connectivity index (χ1) is 10.9. The number of carbonyl (C=O) groups excluding carboxylic acids is 1. The molecule has 1 fully saturated rings. The van der Waals surface area contributed by atoms with Gasteiger partial charge in [-0.3, -0.25) is 9.69 Å². The van der Waals surface area contributed by atoms with E-state index in [1.807, 2.05) is 18.2 Å². The number of rotatable bonds is 6. The monoisotopic (exact) mass is 322 g/mol. The van der Waals surface area contributed by atoms with Crippen LogP contribution in [0.5, 0.6) is 11.5 Å². The van der Waals surface area contributed by atoms with Crippen molar-refractivity contribution in [3.8, 4) is 11.5 Å². The SMILES string of the molecule is CNC(=O)COc1ccccc1OCC1CN(C(C)(C)C)CO1. The fraction of sp³-hybridized carbons (Fsp3) is 0.588. The van der Waals surface area contributed by atoms with Crippen molar-refractivity contribution in [3.05, 3.63) is 24.3 Å². The van der Waals surface area contributed by atoms with Crippen LogP contribution in [-0.2, 0) is 9.53 Å². The third-order valence-corrected chi connectivity index (χ3v) is 3.75. The molecule has 1 aromatic carbocycles. The first kappa shape index (κ1) is 17.6. The van der Waals surface area contributed by atoms with Crippen molar-refractivity contribution in [1.29, 1.82) is 0 Å². The Hall–Kier alpha value is -1.79. The molecule has 1 unspecified atom stereocenters. The molecule has 1 amide bonds. The second kappa shape index (κ2) is 7.66. The molecular formula is C17H26N2O4. The van der Waals surface area contributed by atoms with Crippen molar-refractivity contribution in [3.63, 3.8) is 0 Å². The number of nitrogens with one attached hydrogen (secondary N) is 1.